The van der Waals surface area contributed by atoms with Crippen molar-refractivity contribution >= 4 is 5.82 Å². The summed E-state index contributed by atoms with van der Waals surface area (Å²) < 4.78 is 6.03. The lowest BCUT2D eigenvalue weighted by atomic mass is 10.1. The highest BCUT2D eigenvalue weighted by Gasteiger charge is 2.40. The normalized spacial score (nSPS) is 24.7. The molecule has 4 rings (SSSR count). The number of ether oxygens (including phenoxy) is 1. The lowest BCUT2D eigenvalue weighted by Crippen LogP contribution is -2.50. The monoisotopic (exact) mass is 310 g/mol. The molecule has 0 bridgehead atoms. The number of aryl methyl sites for hydroxylation is 1. The van der Waals surface area contributed by atoms with E-state index in [1.807, 2.05) is 19.2 Å². The van der Waals surface area contributed by atoms with Crippen molar-refractivity contribution in [3.63, 3.8) is 0 Å². The number of nitrogens with zero attached hydrogens (tertiary/aromatic N) is 4. The second-order valence-corrected chi connectivity index (χ2v) is 6.30. The van der Waals surface area contributed by atoms with Gasteiger partial charge >= 0.3 is 0 Å². The highest BCUT2D eigenvalue weighted by Crippen LogP contribution is 2.27. The Labute approximate surface area is 136 Å². The molecule has 0 amide bonds. The molecule has 3 heterocycles. The maximum absolute atomic E-state index is 6.03. The van der Waals surface area contributed by atoms with Gasteiger partial charge in [-0.1, -0.05) is 30.3 Å². The SMILES string of the molecule is Cc1nccc(N2C[C@@H]3OCCN(Cc4ccccc4)[C@@H]3C2)n1. The first-order valence-corrected chi connectivity index (χ1v) is 8.24. The van der Waals surface area contributed by atoms with Crippen LogP contribution in [0.5, 0.6) is 0 Å². The molecule has 2 fully saturated rings. The van der Waals surface area contributed by atoms with Crippen LogP contribution < -0.4 is 4.90 Å². The van der Waals surface area contributed by atoms with E-state index >= 15 is 0 Å². The zero-order valence-corrected chi connectivity index (χ0v) is 13.4. The maximum Gasteiger partial charge on any atom is 0.132 e. The largest absolute Gasteiger partial charge is 0.373 e. The molecule has 2 aromatic rings. The summed E-state index contributed by atoms with van der Waals surface area (Å²) in [7, 11) is 0. The van der Waals surface area contributed by atoms with Crippen LogP contribution in [0.15, 0.2) is 42.6 Å². The van der Waals surface area contributed by atoms with E-state index in [0.717, 1.165) is 44.4 Å². The van der Waals surface area contributed by atoms with Gasteiger partial charge in [0, 0.05) is 32.4 Å². The van der Waals surface area contributed by atoms with Gasteiger partial charge in [0.25, 0.3) is 0 Å². The third kappa shape index (κ3) is 3.07. The molecule has 0 N–H and O–H groups in total. The summed E-state index contributed by atoms with van der Waals surface area (Å²) in [5.41, 5.74) is 1.37. The minimum atomic E-state index is 0.266. The van der Waals surface area contributed by atoms with Crippen LogP contribution in [0.4, 0.5) is 5.82 Å². The zero-order chi connectivity index (χ0) is 15.6. The van der Waals surface area contributed by atoms with Crippen LogP contribution in [0, 0.1) is 6.92 Å². The number of aromatic nitrogens is 2. The molecule has 5 heteroatoms. The summed E-state index contributed by atoms with van der Waals surface area (Å²) >= 11 is 0. The van der Waals surface area contributed by atoms with Gasteiger partial charge in [-0.2, -0.15) is 0 Å². The van der Waals surface area contributed by atoms with Gasteiger partial charge in [0.05, 0.1) is 18.8 Å². The van der Waals surface area contributed by atoms with Gasteiger partial charge < -0.3 is 9.64 Å². The number of benzene rings is 1. The topological polar surface area (TPSA) is 41.5 Å². The third-order valence-electron chi connectivity index (χ3n) is 4.73. The van der Waals surface area contributed by atoms with Crippen molar-refractivity contribution in [2.75, 3.05) is 31.1 Å². The van der Waals surface area contributed by atoms with Crippen molar-refractivity contribution in [1.82, 2.24) is 14.9 Å². The molecule has 0 unspecified atom stereocenters. The van der Waals surface area contributed by atoms with Crippen LogP contribution in [-0.4, -0.2) is 53.3 Å². The zero-order valence-electron chi connectivity index (χ0n) is 13.4. The fourth-order valence-corrected chi connectivity index (χ4v) is 3.58. The quantitative estimate of drug-likeness (QED) is 0.866. The predicted octanol–water partition coefficient (Wildman–Crippen LogP) is 1.87. The van der Waals surface area contributed by atoms with E-state index in [1.165, 1.54) is 5.56 Å². The number of rotatable bonds is 3. The fourth-order valence-electron chi connectivity index (χ4n) is 3.58. The number of anilines is 1. The smallest absolute Gasteiger partial charge is 0.132 e. The number of hydrogen-bond acceptors (Lipinski definition) is 5. The van der Waals surface area contributed by atoms with Crippen LogP contribution in [-0.2, 0) is 11.3 Å². The number of morpholine rings is 1. The van der Waals surface area contributed by atoms with Crippen LogP contribution in [0.1, 0.15) is 11.4 Å². The highest BCUT2D eigenvalue weighted by molar-refractivity contribution is 5.40. The van der Waals surface area contributed by atoms with E-state index in [4.69, 9.17) is 4.74 Å². The summed E-state index contributed by atoms with van der Waals surface area (Å²) in [4.78, 5) is 13.6. The average molecular weight is 310 g/mol. The van der Waals surface area contributed by atoms with E-state index in [2.05, 4.69) is 50.1 Å². The molecule has 120 valence electrons. The summed E-state index contributed by atoms with van der Waals surface area (Å²) in [6, 6.07) is 13.1. The second-order valence-electron chi connectivity index (χ2n) is 6.30. The standard InChI is InChI=1S/C18H22N4O/c1-14-19-8-7-18(20-14)22-12-16-17(13-22)23-10-9-21(16)11-15-5-3-2-4-6-15/h2-8,16-17H,9-13H2,1H3/t16-,17+/m1/s1. The molecular formula is C18H22N4O. The Bertz CT molecular complexity index is 663. The fraction of sp³-hybridized carbons (Fsp3) is 0.444. The molecular weight excluding hydrogens is 288 g/mol. The Kier molecular flexibility index (Phi) is 3.97. The average Bonchev–Trinajstić information content (AvgIpc) is 3.01. The van der Waals surface area contributed by atoms with E-state index in [1.54, 1.807) is 0 Å². The van der Waals surface area contributed by atoms with Crippen molar-refractivity contribution in [3.8, 4) is 0 Å². The summed E-state index contributed by atoms with van der Waals surface area (Å²) in [5.74, 6) is 1.83. The summed E-state index contributed by atoms with van der Waals surface area (Å²) in [6.45, 7) is 6.60. The van der Waals surface area contributed by atoms with E-state index in [9.17, 15) is 0 Å². The first-order valence-electron chi connectivity index (χ1n) is 8.24. The molecule has 23 heavy (non-hydrogen) atoms. The molecule has 5 nitrogen and oxygen atoms in total. The molecule has 1 aromatic heterocycles. The molecule has 1 aromatic carbocycles. The molecule has 2 aliphatic heterocycles. The summed E-state index contributed by atoms with van der Waals surface area (Å²) in [5, 5.41) is 0. The molecule has 2 saturated heterocycles. The van der Waals surface area contributed by atoms with Crippen LogP contribution >= 0.6 is 0 Å². The molecule has 0 saturated carbocycles. The van der Waals surface area contributed by atoms with Crippen LogP contribution in [0.2, 0.25) is 0 Å². The molecule has 2 aliphatic rings. The third-order valence-corrected chi connectivity index (χ3v) is 4.73. The van der Waals surface area contributed by atoms with Gasteiger partial charge in [0.2, 0.25) is 0 Å². The molecule has 0 aliphatic carbocycles. The van der Waals surface area contributed by atoms with Gasteiger partial charge in [-0.3, -0.25) is 4.90 Å². The van der Waals surface area contributed by atoms with Crippen molar-refractivity contribution in [2.45, 2.75) is 25.6 Å². The van der Waals surface area contributed by atoms with E-state index in [-0.39, 0.29) is 6.10 Å². The number of fused-ring (bicyclic) bond motifs is 1. The highest BCUT2D eigenvalue weighted by atomic mass is 16.5. The Balaban J connectivity index is 1.50. The Morgan fingerprint density at radius 2 is 2.04 bits per heavy atom. The van der Waals surface area contributed by atoms with Crippen molar-refractivity contribution in [1.29, 1.82) is 0 Å². The van der Waals surface area contributed by atoms with E-state index in [0.29, 0.717) is 6.04 Å². The molecule has 0 radical (unpaired) electrons. The van der Waals surface area contributed by atoms with Crippen molar-refractivity contribution in [2.24, 2.45) is 0 Å². The van der Waals surface area contributed by atoms with Gasteiger partial charge in [0.1, 0.15) is 11.6 Å². The lowest BCUT2D eigenvalue weighted by molar-refractivity contribution is -0.0499. The van der Waals surface area contributed by atoms with Gasteiger partial charge in [-0.25, -0.2) is 9.97 Å². The first-order chi connectivity index (χ1) is 11.3. The second kappa shape index (κ2) is 6.26. The van der Waals surface area contributed by atoms with Gasteiger partial charge in [-0.15, -0.1) is 0 Å². The van der Waals surface area contributed by atoms with E-state index < -0.39 is 0 Å². The Morgan fingerprint density at radius 1 is 1.17 bits per heavy atom. The minimum absolute atomic E-state index is 0.266. The maximum atomic E-state index is 6.03. The minimum Gasteiger partial charge on any atom is -0.373 e. The number of hydrogen-bond donors (Lipinski definition) is 0. The van der Waals surface area contributed by atoms with Crippen LogP contribution in [0.25, 0.3) is 0 Å². The Hall–Kier alpha value is -1.98. The van der Waals surface area contributed by atoms with Crippen molar-refractivity contribution < 1.29 is 4.74 Å². The molecule has 2 atom stereocenters. The Morgan fingerprint density at radius 3 is 2.87 bits per heavy atom. The van der Waals surface area contributed by atoms with Gasteiger partial charge in [0.15, 0.2) is 0 Å². The lowest BCUT2D eigenvalue weighted by Gasteiger charge is -2.36. The van der Waals surface area contributed by atoms with Crippen molar-refractivity contribution in [3.05, 3.63) is 54.0 Å². The van der Waals surface area contributed by atoms with Crippen LogP contribution in [0.3, 0.4) is 0 Å². The summed E-state index contributed by atoms with van der Waals surface area (Å²) in [6.07, 6.45) is 2.10. The van der Waals surface area contributed by atoms with Gasteiger partial charge in [-0.05, 0) is 18.6 Å². The molecule has 0 spiro atoms. The predicted molar refractivity (Wildman–Crippen MR) is 89.4 cm³/mol. The first kappa shape index (κ1) is 14.6.